The molecule has 3 aromatic rings. The Morgan fingerprint density at radius 3 is 2.71 bits per heavy atom. The number of carbonyl (C=O) groups is 1. The lowest BCUT2D eigenvalue weighted by Crippen LogP contribution is -2.13. The fourth-order valence-corrected chi connectivity index (χ4v) is 4.23. The highest BCUT2D eigenvalue weighted by Crippen LogP contribution is 2.31. The second-order valence-corrected chi connectivity index (χ2v) is 8.39. The maximum Gasteiger partial charge on any atom is 0.234 e. The van der Waals surface area contributed by atoms with Gasteiger partial charge in [-0.3, -0.25) is 4.79 Å². The van der Waals surface area contributed by atoms with Gasteiger partial charge >= 0.3 is 0 Å². The number of thioether (sulfide) groups is 1. The highest BCUT2D eigenvalue weighted by Gasteiger charge is 2.09. The number of fused-ring (bicyclic) bond motifs is 1. The molecule has 0 atom stereocenters. The van der Waals surface area contributed by atoms with Crippen molar-refractivity contribution in [2.24, 2.45) is 0 Å². The molecule has 24 heavy (non-hydrogen) atoms. The van der Waals surface area contributed by atoms with E-state index in [1.54, 1.807) is 11.3 Å². The molecule has 1 heterocycles. The van der Waals surface area contributed by atoms with Crippen LogP contribution >= 0.6 is 34.7 Å². The van der Waals surface area contributed by atoms with Gasteiger partial charge in [0.25, 0.3) is 0 Å². The van der Waals surface area contributed by atoms with Crippen molar-refractivity contribution in [3.05, 3.63) is 53.1 Å². The van der Waals surface area contributed by atoms with Crippen LogP contribution in [0.4, 0.5) is 5.69 Å². The van der Waals surface area contributed by atoms with E-state index in [9.17, 15) is 4.79 Å². The molecule has 3 rings (SSSR count). The van der Waals surface area contributed by atoms with Crippen LogP contribution in [0.5, 0.6) is 0 Å². The van der Waals surface area contributed by atoms with Gasteiger partial charge in [-0.15, -0.1) is 11.3 Å². The number of aromatic nitrogens is 1. The van der Waals surface area contributed by atoms with Gasteiger partial charge in [-0.2, -0.15) is 0 Å². The first-order valence-corrected chi connectivity index (χ1v) is 9.78. The zero-order valence-corrected chi connectivity index (χ0v) is 15.8. The number of benzene rings is 2. The van der Waals surface area contributed by atoms with E-state index in [4.69, 9.17) is 11.6 Å². The Labute approximate surface area is 154 Å². The molecule has 2 aromatic carbocycles. The predicted octanol–water partition coefficient (Wildman–Crippen LogP) is 5.80. The molecule has 0 spiro atoms. The van der Waals surface area contributed by atoms with Gasteiger partial charge in [-0.1, -0.05) is 49.3 Å². The number of nitrogens with zero attached hydrogens (tertiary/aromatic N) is 1. The highest BCUT2D eigenvalue weighted by molar-refractivity contribution is 8.01. The molecule has 0 fully saturated rings. The van der Waals surface area contributed by atoms with Crippen LogP contribution in [-0.2, 0) is 4.79 Å². The van der Waals surface area contributed by atoms with Crippen LogP contribution in [0, 0.1) is 0 Å². The maximum atomic E-state index is 12.1. The Kier molecular flexibility index (Phi) is 5.43. The Bertz CT molecular complexity index is 859. The number of rotatable bonds is 5. The minimum atomic E-state index is -0.0328. The minimum Gasteiger partial charge on any atom is -0.325 e. The van der Waals surface area contributed by atoms with Gasteiger partial charge in [-0.05, 0) is 41.8 Å². The van der Waals surface area contributed by atoms with Crippen molar-refractivity contribution >= 4 is 56.5 Å². The van der Waals surface area contributed by atoms with Gasteiger partial charge in [0.1, 0.15) is 0 Å². The molecular formula is C18H17ClN2OS2. The van der Waals surface area contributed by atoms with Crippen molar-refractivity contribution < 1.29 is 4.79 Å². The van der Waals surface area contributed by atoms with Crippen LogP contribution in [0.25, 0.3) is 10.2 Å². The first-order chi connectivity index (χ1) is 11.5. The summed E-state index contributed by atoms with van der Waals surface area (Å²) in [4.78, 5) is 16.6. The Morgan fingerprint density at radius 2 is 2.00 bits per heavy atom. The molecule has 0 bridgehead atoms. The first kappa shape index (κ1) is 17.3. The smallest absolute Gasteiger partial charge is 0.234 e. The lowest BCUT2D eigenvalue weighted by Gasteiger charge is -2.08. The van der Waals surface area contributed by atoms with Gasteiger partial charge in [0.05, 0.1) is 16.0 Å². The summed E-state index contributed by atoms with van der Waals surface area (Å²) >= 11 is 8.98. The van der Waals surface area contributed by atoms with Crippen LogP contribution in [0.2, 0.25) is 5.02 Å². The van der Waals surface area contributed by atoms with Crippen molar-refractivity contribution in [1.82, 2.24) is 4.98 Å². The standard InChI is InChI=1S/C18H17ClN2OS2/c1-11(2)12-3-6-14(7-4-12)20-17(22)10-23-18-21-15-9-13(19)5-8-16(15)24-18/h3-9,11H,10H2,1-2H3,(H,20,22). The molecule has 0 saturated carbocycles. The summed E-state index contributed by atoms with van der Waals surface area (Å²) in [7, 11) is 0. The number of anilines is 1. The topological polar surface area (TPSA) is 42.0 Å². The number of amides is 1. The van der Waals surface area contributed by atoms with E-state index < -0.39 is 0 Å². The molecule has 0 unspecified atom stereocenters. The third-order valence-corrected chi connectivity index (χ3v) is 5.93. The molecule has 0 aliphatic carbocycles. The number of hydrogen-bond acceptors (Lipinski definition) is 4. The molecule has 1 N–H and O–H groups in total. The van der Waals surface area contributed by atoms with Crippen LogP contribution in [0.15, 0.2) is 46.8 Å². The summed E-state index contributed by atoms with van der Waals surface area (Å²) < 4.78 is 1.95. The monoisotopic (exact) mass is 376 g/mol. The molecule has 0 radical (unpaired) electrons. The summed E-state index contributed by atoms with van der Waals surface area (Å²) in [5.41, 5.74) is 2.95. The van der Waals surface area contributed by atoms with E-state index in [-0.39, 0.29) is 5.91 Å². The van der Waals surface area contributed by atoms with Crippen LogP contribution in [-0.4, -0.2) is 16.6 Å². The molecule has 1 amide bonds. The summed E-state index contributed by atoms with van der Waals surface area (Å²) in [5.74, 6) is 0.784. The molecule has 1 aromatic heterocycles. The SMILES string of the molecule is CC(C)c1ccc(NC(=O)CSc2nc3cc(Cl)ccc3s2)cc1. The molecule has 0 aliphatic rings. The zero-order chi connectivity index (χ0) is 17.1. The molecule has 0 saturated heterocycles. The predicted molar refractivity (Wildman–Crippen MR) is 105 cm³/mol. The summed E-state index contributed by atoms with van der Waals surface area (Å²) in [5, 5.41) is 3.59. The number of halogens is 1. The normalized spacial score (nSPS) is 11.2. The first-order valence-electron chi connectivity index (χ1n) is 7.60. The number of carbonyl (C=O) groups excluding carboxylic acids is 1. The summed E-state index contributed by atoms with van der Waals surface area (Å²) in [6, 6.07) is 13.6. The maximum absolute atomic E-state index is 12.1. The molecule has 124 valence electrons. The summed E-state index contributed by atoms with van der Waals surface area (Å²) in [6.07, 6.45) is 0. The average Bonchev–Trinajstić information content (AvgIpc) is 2.95. The fraction of sp³-hybridized carbons (Fsp3) is 0.222. The van der Waals surface area contributed by atoms with E-state index in [2.05, 4.69) is 24.1 Å². The quantitative estimate of drug-likeness (QED) is 0.572. The second kappa shape index (κ2) is 7.55. The molecular weight excluding hydrogens is 360 g/mol. The lowest BCUT2D eigenvalue weighted by atomic mass is 10.0. The van der Waals surface area contributed by atoms with Crippen molar-refractivity contribution in [3.8, 4) is 0 Å². The van der Waals surface area contributed by atoms with Crippen molar-refractivity contribution in [3.63, 3.8) is 0 Å². The summed E-state index contributed by atoms with van der Waals surface area (Å²) in [6.45, 7) is 4.30. The second-order valence-electron chi connectivity index (χ2n) is 5.71. The van der Waals surface area contributed by atoms with E-state index in [0.29, 0.717) is 16.7 Å². The Balaban J connectivity index is 1.58. The number of hydrogen-bond donors (Lipinski definition) is 1. The highest BCUT2D eigenvalue weighted by atomic mass is 35.5. The van der Waals surface area contributed by atoms with Gasteiger partial charge in [0.15, 0.2) is 4.34 Å². The van der Waals surface area contributed by atoms with Crippen molar-refractivity contribution in [2.45, 2.75) is 24.1 Å². The van der Waals surface area contributed by atoms with Gasteiger partial charge in [0, 0.05) is 10.7 Å². The van der Waals surface area contributed by atoms with E-state index >= 15 is 0 Å². The van der Waals surface area contributed by atoms with E-state index in [0.717, 1.165) is 20.2 Å². The molecule has 6 heteroatoms. The van der Waals surface area contributed by atoms with Crippen molar-refractivity contribution in [2.75, 3.05) is 11.1 Å². The largest absolute Gasteiger partial charge is 0.325 e. The Morgan fingerprint density at radius 1 is 1.25 bits per heavy atom. The number of thiazole rings is 1. The third-order valence-electron chi connectivity index (χ3n) is 3.52. The van der Waals surface area contributed by atoms with Gasteiger partial charge in [-0.25, -0.2) is 4.98 Å². The van der Waals surface area contributed by atoms with Crippen LogP contribution < -0.4 is 5.32 Å². The lowest BCUT2D eigenvalue weighted by molar-refractivity contribution is -0.113. The fourth-order valence-electron chi connectivity index (χ4n) is 2.22. The van der Waals surface area contributed by atoms with E-state index in [1.807, 2.05) is 42.5 Å². The Hall–Kier alpha value is -1.56. The zero-order valence-electron chi connectivity index (χ0n) is 13.4. The molecule has 0 aliphatic heterocycles. The minimum absolute atomic E-state index is 0.0328. The van der Waals surface area contributed by atoms with Gasteiger partial charge < -0.3 is 5.32 Å². The average molecular weight is 377 g/mol. The number of nitrogens with one attached hydrogen (secondary N) is 1. The van der Waals surface area contributed by atoms with Crippen LogP contribution in [0.3, 0.4) is 0 Å². The van der Waals surface area contributed by atoms with Crippen LogP contribution in [0.1, 0.15) is 25.3 Å². The van der Waals surface area contributed by atoms with Crippen molar-refractivity contribution in [1.29, 1.82) is 0 Å². The third kappa shape index (κ3) is 4.29. The van der Waals surface area contributed by atoms with Gasteiger partial charge in [0.2, 0.25) is 5.91 Å². The molecule has 3 nitrogen and oxygen atoms in total. The van der Waals surface area contributed by atoms with E-state index in [1.165, 1.54) is 17.3 Å².